The molecule has 0 spiro atoms. The fraction of sp³-hybridized carbons (Fsp3) is 0.615. The topological polar surface area (TPSA) is 114 Å². The molecule has 0 radical (unpaired) electrons. The number of aliphatic hydroxyl groups is 1. The molecule has 2 aliphatic rings. The Labute approximate surface area is 212 Å². The Kier molecular flexibility index (Phi) is 8.60. The molecule has 2 unspecified atom stereocenters. The molecule has 198 valence electrons. The predicted octanol–water partition coefficient (Wildman–Crippen LogP) is 4.01. The van der Waals surface area contributed by atoms with Gasteiger partial charge in [0.1, 0.15) is 17.3 Å². The molecule has 36 heavy (non-hydrogen) atoms. The summed E-state index contributed by atoms with van der Waals surface area (Å²) in [6.45, 7) is 13.2. The van der Waals surface area contributed by atoms with Gasteiger partial charge in [0.2, 0.25) is 5.88 Å². The van der Waals surface area contributed by atoms with E-state index in [0.29, 0.717) is 38.5 Å². The first-order chi connectivity index (χ1) is 16.8. The zero-order chi connectivity index (χ0) is 26.5. The van der Waals surface area contributed by atoms with Crippen molar-refractivity contribution in [2.24, 2.45) is 0 Å². The number of aromatic nitrogens is 2. The molecule has 2 atom stereocenters. The second-order valence-electron chi connectivity index (χ2n) is 11.0. The number of para-hydroxylation sites is 2. The van der Waals surface area contributed by atoms with Crippen molar-refractivity contribution in [1.82, 2.24) is 19.8 Å². The van der Waals surface area contributed by atoms with Crippen molar-refractivity contribution in [3.63, 3.8) is 0 Å². The molecule has 1 N–H and O–H groups in total. The Morgan fingerprint density at radius 2 is 1.44 bits per heavy atom. The predicted molar refractivity (Wildman–Crippen MR) is 135 cm³/mol. The molecule has 2 aliphatic heterocycles. The minimum absolute atomic E-state index is 0.0852. The number of aliphatic hydroxyl groups excluding tert-OH is 1. The SMILES string of the molecule is CC(C)(C)OC(=O)N1CCC(O)C1.CC(C)(C)OC(=O)N1CCC(Oc2cnc3ccccc3n2)C1. The molecule has 0 aliphatic carbocycles. The number of rotatable bonds is 2. The average Bonchev–Trinajstić information content (AvgIpc) is 3.41. The second-order valence-corrected chi connectivity index (χ2v) is 11.0. The maximum Gasteiger partial charge on any atom is 0.410 e. The van der Waals surface area contributed by atoms with Crippen LogP contribution in [-0.4, -0.2) is 86.6 Å². The summed E-state index contributed by atoms with van der Waals surface area (Å²) < 4.78 is 16.4. The van der Waals surface area contributed by atoms with Crippen LogP contribution in [0.3, 0.4) is 0 Å². The average molecular weight is 503 g/mol. The molecule has 2 aromatic rings. The minimum Gasteiger partial charge on any atom is -0.471 e. The maximum absolute atomic E-state index is 12.1. The lowest BCUT2D eigenvalue weighted by Crippen LogP contribution is -2.36. The first-order valence-electron chi connectivity index (χ1n) is 12.3. The van der Waals surface area contributed by atoms with Crippen molar-refractivity contribution in [3.8, 4) is 5.88 Å². The van der Waals surface area contributed by atoms with Gasteiger partial charge in [-0.25, -0.2) is 19.6 Å². The van der Waals surface area contributed by atoms with E-state index in [1.165, 1.54) is 4.90 Å². The molecule has 2 fully saturated rings. The van der Waals surface area contributed by atoms with Crippen molar-refractivity contribution in [1.29, 1.82) is 0 Å². The van der Waals surface area contributed by atoms with Gasteiger partial charge in [0, 0.05) is 26.1 Å². The number of benzene rings is 1. The molecule has 0 saturated carbocycles. The van der Waals surface area contributed by atoms with Gasteiger partial charge in [0.05, 0.1) is 29.9 Å². The van der Waals surface area contributed by atoms with E-state index in [9.17, 15) is 14.7 Å². The molecule has 10 heteroatoms. The molecule has 4 rings (SSSR count). The molecule has 10 nitrogen and oxygen atoms in total. The standard InChI is InChI=1S/C17H21N3O3.C9H17NO3/c1-17(2,3)23-16(21)20-9-8-12(11-20)22-15-10-18-13-6-4-5-7-14(13)19-15;1-9(2,3)13-8(12)10-5-4-7(11)6-10/h4-7,10,12H,8-9,11H2,1-3H3;7,11H,4-6H2,1-3H3. The molecular formula is C26H38N4O6. The van der Waals surface area contributed by atoms with Crippen molar-refractivity contribution < 1.29 is 28.9 Å². The number of nitrogens with zero attached hydrogens (tertiary/aromatic N) is 4. The number of hydrogen-bond donors (Lipinski definition) is 1. The summed E-state index contributed by atoms with van der Waals surface area (Å²) in [6.07, 6.45) is 1.94. The normalized spacial score (nSPS) is 20.1. The number of carbonyl (C=O) groups is 2. The lowest BCUT2D eigenvalue weighted by molar-refractivity contribution is 0.0263. The van der Waals surface area contributed by atoms with Crippen molar-refractivity contribution in [3.05, 3.63) is 30.5 Å². The molecule has 3 heterocycles. The third-order valence-corrected chi connectivity index (χ3v) is 5.33. The fourth-order valence-corrected chi connectivity index (χ4v) is 3.72. The quantitative estimate of drug-likeness (QED) is 0.655. The lowest BCUT2D eigenvalue weighted by atomic mass is 10.2. The zero-order valence-corrected chi connectivity index (χ0v) is 22.1. The number of amides is 2. The van der Waals surface area contributed by atoms with Crippen LogP contribution in [0.1, 0.15) is 54.4 Å². The van der Waals surface area contributed by atoms with Crippen LogP contribution < -0.4 is 4.74 Å². The van der Waals surface area contributed by atoms with Gasteiger partial charge in [-0.3, -0.25) is 0 Å². The number of fused-ring (bicyclic) bond motifs is 1. The third-order valence-electron chi connectivity index (χ3n) is 5.33. The Morgan fingerprint density at radius 1 is 0.889 bits per heavy atom. The number of β-amino-alcohol motifs (C(OH)–C–C–N with tert-alkyl or cyclic N) is 1. The summed E-state index contributed by atoms with van der Waals surface area (Å²) >= 11 is 0. The minimum atomic E-state index is -0.486. The van der Waals surface area contributed by atoms with E-state index in [1.54, 1.807) is 11.1 Å². The van der Waals surface area contributed by atoms with Crippen LogP contribution in [-0.2, 0) is 9.47 Å². The van der Waals surface area contributed by atoms with E-state index in [4.69, 9.17) is 14.2 Å². The van der Waals surface area contributed by atoms with Gasteiger partial charge in [-0.15, -0.1) is 0 Å². The van der Waals surface area contributed by atoms with Crippen LogP contribution in [0.4, 0.5) is 9.59 Å². The number of carbonyl (C=O) groups excluding carboxylic acids is 2. The van der Waals surface area contributed by atoms with E-state index in [0.717, 1.165) is 17.5 Å². The Bertz CT molecular complexity index is 1050. The van der Waals surface area contributed by atoms with Gasteiger partial charge in [-0.2, -0.15) is 0 Å². The summed E-state index contributed by atoms with van der Waals surface area (Å²) in [4.78, 5) is 35.4. The van der Waals surface area contributed by atoms with E-state index in [1.807, 2.05) is 65.8 Å². The van der Waals surface area contributed by atoms with Gasteiger partial charge in [-0.1, -0.05) is 12.1 Å². The molecule has 1 aromatic carbocycles. The zero-order valence-electron chi connectivity index (χ0n) is 22.1. The molecular weight excluding hydrogens is 464 g/mol. The van der Waals surface area contributed by atoms with Crippen molar-refractivity contribution in [2.75, 3.05) is 26.2 Å². The summed E-state index contributed by atoms with van der Waals surface area (Å²) in [5.41, 5.74) is 0.693. The summed E-state index contributed by atoms with van der Waals surface area (Å²) in [5.74, 6) is 0.486. The van der Waals surface area contributed by atoms with Gasteiger partial charge in [-0.05, 0) is 60.1 Å². The number of ether oxygens (including phenoxy) is 3. The first kappa shape index (κ1) is 27.4. The van der Waals surface area contributed by atoms with Crippen LogP contribution in [0, 0.1) is 0 Å². The largest absolute Gasteiger partial charge is 0.471 e. The Balaban J connectivity index is 0.000000236. The smallest absolute Gasteiger partial charge is 0.410 e. The summed E-state index contributed by atoms with van der Waals surface area (Å²) in [7, 11) is 0. The van der Waals surface area contributed by atoms with E-state index in [2.05, 4.69) is 9.97 Å². The maximum atomic E-state index is 12.1. The highest BCUT2D eigenvalue weighted by molar-refractivity contribution is 5.74. The Morgan fingerprint density at radius 3 is 2.00 bits per heavy atom. The molecule has 2 amide bonds. The second kappa shape index (κ2) is 11.3. The lowest BCUT2D eigenvalue weighted by Gasteiger charge is -2.24. The molecule has 0 bridgehead atoms. The van der Waals surface area contributed by atoms with E-state index < -0.39 is 11.2 Å². The van der Waals surface area contributed by atoms with Gasteiger partial charge >= 0.3 is 12.2 Å². The van der Waals surface area contributed by atoms with Crippen LogP contribution in [0.25, 0.3) is 11.0 Å². The number of hydrogen-bond acceptors (Lipinski definition) is 8. The number of likely N-dealkylation sites (tertiary alicyclic amines) is 2. The molecule has 2 saturated heterocycles. The Hall–Kier alpha value is -3.14. The van der Waals surface area contributed by atoms with Gasteiger partial charge in [0.25, 0.3) is 0 Å². The van der Waals surface area contributed by atoms with Crippen LogP contribution in [0.2, 0.25) is 0 Å². The van der Waals surface area contributed by atoms with Gasteiger partial charge in [0.15, 0.2) is 0 Å². The third kappa shape index (κ3) is 8.51. The van der Waals surface area contributed by atoms with Crippen molar-refractivity contribution >= 4 is 23.2 Å². The van der Waals surface area contributed by atoms with Crippen LogP contribution in [0.15, 0.2) is 30.5 Å². The highest BCUT2D eigenvalue weighted by Gasteiger charge is 2.31. The summed E-state index contributed by atoms with van der Waals surface area (Å²) in [6, 6.07) is 7.65. The monoisotopic (exact) mass is 502 g/mol. The van der Waals surface area contributed by atoms with Crippen LogP contribution in [0.5, 0.6) is 5.88 Å². The van der Waals surface area contributed by atoms with Crippen molar-refractivity contribution in [2.45, 2.75) is 77.8 Å². The van der Waals surface area contributed by atoms with Crippen LogP contribution >= 0.6 is 0 Å². The van der Waals surface area contributed by atoms with Gasteiger partial charge < -0.3 is 29.1 Å². The van der Waals surface area contributed by atoms with E-state index >= 15 is 0 Å². The fourth-order valence-electron chi connectivity index (χ4n) is 3.72. The highest BCUT2D eigenvalue weighted by atomic mass is 16.6. The molecule has 1 aromatic heterocycles. The first-order valence-corrected chi connectivity index (χ1v) is 12.3. The summed E-state index contributed by atoms with van der Waals surface area (Å²) in [5, 5.41) is 9.20. The van der Waals surface area contributed by atoms with E-state index in [-0.39, 0.29) is 24.4 Å². The highest BCUT2D eigenvalue weighted by Crippen LogP contribution is 2.20.